The predicted octanol–water partition coefficient (Wildman–Crippen LogP) is 0.815. The molecule has 4 heteroatoms. The van der Waals surface area contributed by atoms with Crippen molar-refractivity contribution in [3.63, 3.8) is 0 Å². The van der Waals surface area contributed by atoms with Gasteiger partial charge in [0.1, 0.15) is 0 Å². The molecule has 86 valence electrons. The number of nitrogens with zero attached hydrogens (tertiary/aromatic N) is 1. The van der Waals surface area contributed by atoms with Crippen molar-refractivity contribution >= 4 is 0 Å². The predicted molar refractivity (Wildman–Crippen MR) is 62.5 cm³/mol. The van der Waals surface area contributed by atoms with E-state index >= 15 is 0 Å². The fraction of sp³-hybridized carbons (Fsp3) is 0.900. The summed E-state index contributed by atoms with van der Waals surface area (Å²) in [5.74, 6) is 0.750. The van der Waals surface area contributed by atoms with Crippen LogP contribution in [0.1, 0.15) is 32.1 Å². The monoisotopic (exact) mass is 202 g/mol. The molecule has 1 rings (SSSR count). The molecule has 0 aromatic heterocycles. The molecule has 14 heavy (non-hydrogen) atoms. The molecule has 0 saturated heterocycles. The van der Waals surface area contributed by atoms with Crippen LogP contribution < -0.4 is 17.2 Å². The Bertz CT molecular complexity index is 103. The van der Waals surface area contributed by atoms with E-state index in [-0.39, 0.29) is 0 Å². The van der Waals surface area contributed by atoms with Crippen LogP contribution in [-0.2, 0) is 0 Å². The summed E-state index contributed by atoms with van der Waals surface area (Å²) in [6.07, 6.45) is 6.10. The van der Waals surface area contributed by atoms with E-state index in [0.717, 1.165) is 12.3 Å². The van der Waals surface area contributed by atoms with Crippen molar-refractivity contribution in [3.05, 3.63) is 0 Å². The average Bonchev–Trinajstić information content (AvgIpc) is 2.80. The maximum Gasteiger partial charge on any atom is 0.0624 e. The smallest absolute Gasteiger partial charge is 0.0624 e. The SMILES string of the molecule is CN.CN.CN.N#CCC1CCCC1. The van der Waals surface area contributed by atoms with E-state index in [1.165, 1.54) is 46.8 Å². The van der Waals surface area contributed by atoms with Crippen LogP contribution in [0, 0.1) is 17.2 Å². The molecule has 0 aromatic carbocycles. The summed E-state index contributed by atoms with van der Waals surface area (Å²) in [7, 11) is 4.50. The standard InChI is InChI=1S/C7H11N.3CH5N/c8-6-5-7-3-1-2-4-7;3*1-2/h7H,1-5H2;3*2H2,1H3. The lowest BCUT2D eigenvalue weighted by molar-refractivity contribution is 0.564. The summed E-state index contributed by atoms with van der Waals surface area (Å²) >= 11 is 0. The molecule has 1 aliphatic rings. The molecule has 0 heterocycles. The van der Waals surface area contributed by atoms with Crippen LogP contribution in [0.2, 0.25) is 0 Å². The molecule has 0 bridgehead atoms. The Balaban J connectivity index is -0.000000174. The van der Waals surface area contributed by atoms with Crippen molar-refractivity contribution in [3.8, 4) is 6.07 Å². The highest BCUT2D eigenvalue weighted by Gasteiger charge is 2.13. The molecule has 0 unspecified atom stereocenters. The van der Waals surface area contributed by atoms with Gasteiger partial charge < -0.3 is 17.2 Å². The van der Waals surface area contributed by atoms with Gasteiger partial charge in [-0.25, -0.2) is 0 Å². The van der Waals surface area contributed by atoms with Crippen LogP contribution in [-0.4, -0.2) is 21.1 Å². The Labute approximate surface area is 88.4 Å². The van der Waals surface area contributed by atoms with Gasteiger partial charge in [-0.15, -0.1) is 0 Å². The molecule has 0 atom stereocenters. The lowest BCUT2D eigenvalue weighted by Crippen LogP contribution is -1.88. The molecule has 0 amide bonds. The number of hydrogen-bond donors (Lipinski definition) is 3. The molecular formula is C10H26N4. The van der Waals surface area contributed by atoms with E-state index in [2.05, 4.69) is 23.3 Å². The van der Waals surface area contributed by atoms with Gasteiger partial charge in [-0.1, -0.05) is 12.8 Å². The molecule has 4 nitrogen and oxygen atoms in total. The first-order chi connectivity index (χ1) is 6.93. The van der Waals surface area contributed by atoms with E-state index in [9.17, 15) is 0 Å². The molecule has 1 fully saturated rings. The second-order valence-corrected chi connectivity index (χ2v) is 2.51. The highest BCUT2D eigenvalue weighted by atomic mass is 14.4. The fourth-order valence-corrected chi connectivity index (χ4v) is 1.34. The first-order valence-electron chi connectivity index (χ1n) is 5.03. The highest BCUT2D eigenvalue weighted by molar-refractivity contribution is 4.78. The molecule has 1 saturated carbocycles. The lowest BCUT2D eigenvalue weighted by Gasteiger charge is -1.97. The maximum atomic E-state index is 8.28. The van der Waals surface area contributed by atoms with Crippen LogP contribution in [0.5, 0.6) is 0 Å². The van der Waals surface area contributed by atoms with E-state index in [1.54, 1.807) is 0 Å². The highest BCUT2D eigenvalue weighted by Crippen LogP contribution is 2.26. The third-order valence-electron chi connectivity index (χ3n) is 1.85. The van der Waals surface area contributed by atoms with Gasteiger partial charge in [0.05, 0.1) is 6.07 Å². The summed E-state index contributed by atoms with van der Waals surface area (Å²) in [6, 6.07) is 2.21. The van der Waals surface area contributed by atoms with Crippen LogP contribution >= 0.6 is 0 Å². The zero-order valence-corrected chi connectivity index (χ0v) is 9.79. The first kappa shape index (κ1) is 19.0. The number of rotatable bonds is 1. The largest absolute Gasteiger partial charge is 0.333 e. The van der Waals surface area contributed by atoms with E-state index in [0.29, 0.717) is 0 Å². The van der Waals surface area contributed by atoms with Crippen molar-refractivity contribution < 1.29 is 0 Å². The summed E-state index contributed by atoms with van der Waals surface area (Å²) in [5.41, 5.74) is 13.5. The summed E-state index contributed by atoms with van der Waals surface area (Å²) < 4.78 is 0. The zero-order chi connectivity index (χ0) is 11.8. The van der Waals surface area contributed by atoms with Crippen molar-refractivity contribution in [2.45, 2.75) is 32.1 Å². The summed E-state index contributed by atoms with van der Waals surface area (Å²) in [4.78, 5) is 0. The van der Waals surface area contributed by atoms with E-state index in [4.69, 9.17) is 5.26 Å². The molecular weight excluding hydrogens is 176 g/mol. The molecule has 0 spiro atoms. The van der Waals surface area contributed by atoms with Crippen LogP contribution in [0.4, 0.5) is 0 Å². The average molecular weight is 202 g/mol. The second-order valence-electron chi connectivity index (χ2n) is 2.51. The zero-order valence-electron chi connectivity index (χ0n) is 9.79. The maximum absolute atomic E-state index is 8.28. The second kappa shape index (κ2) is 22.8. The van der Waals surface area contributed by atoms with Gasteiger partial charge in [-0.3, -0.25) is 0 Å². The van der Waals surface area contributed by atoms with Gasteiger partial charge in [0.25, 0.3) is 0 Å². The number of nitriles is 1. The molecule has 1 aliphatic carbocycles. The van der Waals surface area contributed by atoms with Crippen LogP contribution in [0.15, 0.2) is 0 Å². The van der Waals surface area contributed by atoms with Gasteiger partial charge >= 0.3 is 0 Å². The van der Waals surface area contributed by atoms with Gasteiger partial charge in [-0.05, 0) is 39.9 Å². The molecule has 0 aromatic rings. The summed E-state index contributed by atoms with van der Waals surface area (Å²) in [5, 5.41) is 8.28. The quantitative estimate of drug-likeness (QED) is 0.585. The van der Waals surface area contributed by atoms with E-state index in [1.807, 2.05) is 0 Å². The van der Waals surface area contributed by atoms with Crippen molar-refractivity contribution in [2.75, 3.05) is 21.1 Å². The minimum absolute atomic E-state index is 0.750. The van der Waals surface area contributed by atoms with Crippen molar-refractivity contribution in [1.29, 1.82) is 5.26 Å². The van der Waals surface area contributed by atoms with Gasteiger partial charge in [0.15, 0.2) is 0 Å². The Kier molecular flexibility index (Phi) is 31.0. The van der Waals surface area contributed by atoms with Gasteiger partial charge in [-0.2, -0.15) is 5.26 Å². The van der Waals surface area contributed by atoms with Gasteiger partial charge in [0.2, 0.25) is 0 Å². The Morgan fingerprint density at radius 3 is 1.64 bits per heavy atom. The number of hydrogen-bond acceptors (Lipinski definition) is 4. The summed E-state index contributed by atoms with van der Waals surface area (Å²) in [6.45, 7) is 0. The van der Waals surface area contributed by atoms with Crippen LogP contribution in [0.3, 0.4) is 0 Å². The Hall–Kier alpha value is -0.630. The van der Waals surface area contributed by atoms with E-state index < -0.39 is 0 Å². The first-order valence-corrected chi connectivity index (χ1v) is 5.03. The minimum Gasteiger partial charge on any atom is -0.333 e. The Morgan fingerprint density at radius 1 is 1.00 bits per heavy atom. The normalized spacial score (nSPS) is 13.2. The minimum atomic E-state index is 0.750. The molecule has 0 radical (unpaired) electrons. The Morgan fingerprint density at radius 2 is 1.36 bits per heavy atom. The fourth-order valence-electron chi connectivity index (χ4n) is 1.34. The topological polar surface area (TPSA) is 102 Å². The lowest BCUT2D eigenvalue weighted by atomic mass is 10.1. The molecule has 0 aliphatic heterocycles. The molecule has 6 N–H and O–H groups in total. The third kappa shape index (κ3) is 13.9. The number of nitrogens with two attached hydrogens (primary N) is 3. The van der Waals surface area contributed by atoms with Gasteiger partial charge in [0, 0.05) is 6.42 Å². The van der Waals surface area contributed by atoms with Crippen LogP contribution in [0.25, 0.3) is 0 Å². The third-order valence-corrected chi connectivity index (χ3v) is 1.85. The van der Waals surface area contributed by atoms with Crippen molar-refractivity contribution in [1.82, 2.24) is 0 Å². The van der Waals surface area contributed by atoms with Crippen molar-refractivity contribution in [2.24, 2.45) is 23.1 Å².